The van der Waals surface area contributed by atoms with E-state index in [0.29, 0.717) is 35.0 Å². The van der Waals surface area contributed by atoms with Crippen molar-refractivity contribution in [2.75, 3.05) is 23.9 Å². The van der Waals surface area contributed by atoms with Crippen molar-refractivity contribution in [1.29, 1.82) is 0 Å². The van der Waals surface area contributed by atoms with Crippen LogP contribution in [0.3, 0.4) is 0 Å². The molecule has 0 unspecified atom stereocenters. The molecule has 174 valence electrons. The normalized spacial score (nSPS) is 13.5. The van der Waals surface area contributed by atoms with Gasteiger partial charge in [-0.3, -0.25) is 9.59 Å². The smallest absolute Gasteiger partial charge is 0.282 e. The Morgan fingerprint density at radius 1 is 0.941 bits per heavy atom. The number of carbonyl (C=O) groups is 2. The second kappa shape index (κ2) is 9.79. The standard InChI is InChI=1S/C27H25FN2O4/c1-4-15-34-23-8-6-5-7-21(23)30-26(31)24(18-10-12-19(28)13-11-18)25(27(30)32)29-20-16-17(2)9-14-22(20)33-3/h5-14,16,29H,4,15H2,1-3H3. The fraction of sp³-hybridized carbons (Fsp3) is 0.185. The minimum atomic E-state index is -0.541. The van der Waals surface area contributed by atoms with E-state index < -0.39 is 17.6 Å². The number of halogens is 1. The Morgan fingerprint density at radius 3 is 2.38 bits per heavy atom. The number of imide groups is 1. The van der Waals surface area contributed by atoms with Gasteiger partial charge in [-0.05, 0) is 60.9 Å². The van der Waals surface area contributed by atoms with Gasteiger partial charge >= 0.3 is 0 Å². The number of methoxy groups -OCH3 is 1. The van der Waals surface area contributed by atoms with Gasteiger partial charge in [-0.15, -0.1) is 0 Å². The average Bonchev–Trinajstić information content (AvgIpc) is 3.08. The van der Waals surface area contributed by atoms with Crippen molar-refractivity contribution in [2.45, 2.75) is 20.3 Å². The van der Waals surface area contributed by atoms with Crippen LogP contribution in [0.4, 0.5) is 15.8 Å². The molecule has 7 heteroatoms. The molecule has 0 saturated heterocycles. The highest BCUT2D eigenvalue weighted by Crippen LogP contribution is 2.39. The maximum atomic E-state index is 13.7. The molecule has 2 amide bonds. The van der Waals surface area contributed by atoms with Crippen LogP contribution in [-0.2, 0) is 9.59 Å². The van der Waals surface area contributed by atoms with Crippen LogP contribution in [-0.4, -0.2) is 25.5 Å². The van der Waals surface area contributed by atoms with Crippen LogP contribution >= 0.6 is 0 Å². The lowest BCUT2D eigenvalue weighted by molar-refractivity contribution is -0.120. The van der Waals surface area contributed by atoms with Gasteiger partial charge in [0.15, 0.2) is 0 Å². The maximum Gasteiger partial charge on any atom is 0.282 e. The Morgan fingerprint density at radius 2 is 1.68 bits per heavy atom. The lowest BCUT2D eigenvalue weighted by Gasteiger charge is -2.19. The Labute approximate surface area is 197 Å². The summed E-state index contributed by atoms with van der Waals surface area (Å²) in [6.07, 6.45) is 0.773. The number of hydrogen-bond acceptors (Lipinski definition) is 5. The number of rotatable bonds is 8. The van der Waals surface area contributed by atoms with Crippen LogP contribution in [0.15, 0.2) is 72.4 Å². The third-order valence-corrected chi connectivity index (χ3v) is 5.40. The first-order valence-corrected chi connectivity index (χ1v) is 11.0. The number of anilines is 2. The summed E-state index contributed by atoms with van der Waals surface area (Å²) in [6, 6.07) is 17.9. The molecule has 0 atom stereocenters. The van der Waals surface area contributed by atoms with E-state index in [1.165, 1.54) is 31.4 Å². The molecule has 6 nitrogen and oxygen atoms in total. The fourth-order valence-corrected chi connectivity index (χ4v) is 3.78. The lowest BCUT2D eigenvalue weighted by Crippen LogP contribution is -2.32. The molecular weight excluding hydrogens is 435 g/mol. The lowest BCUT2D eigenvalue weighted by atomic mass is 10.0. The number of nitrogens with zero attached hydrogens (tertiary/aromatic N) is 1. The molecule has 4 rings (SSSR count). The zero-order valence-electron chi connectivity index (χ0n) is 19.2. The molecule has 0 bridgehead atoms. The van der Waals surface area contributed by atoms with Gasteiger partial charge in [-0.2, -0.15) is 0 Å². The Balaban J connectivity index is 1.84. The van der Waals surface area contributed by atoms with E-state index in [0.717, 1.165) is 16.9 Å². The molecular formula is C27H25FN2O4. The molecule has 3 aromatic carbocycles. The second-order valence-electron chi connectivity index (χ2n) is 7.85. The Bertz CT molecular complexity index is 1270. The Kier molecular flexibility index (Phi) is 6.63. The van der Waals surface area contributed by atoms with E-state index in [2.05, 4.69) is 5.32 Å². The van der Waals surface area contributed by atoms with Crippen LogP contribution in [0, 0.1) is 12.7 Å². The topological polar surface area (TPSA) is 67.9 Å². The summed E-state index contributed by atoms with van der Waals surface area (Å²) in [4.78, 5) is 28.5. The van der Waals surface area contributed by atoms with Gasteiger partial charge in [-0.25, -0.2) is 9.29 Å². The van der Waals surface area contributed by atoms with Crippen molar-refractivity contribution in [3.05, 3.63) is 89.4 Å². The molecule has 1 N–H and O–H groups in total. The van der Waals surface area contributed by atoms with E-state index in [4.69, 9.17) is 9.47 Å². The highest BCUT2D eigenvalue weighted by molar-refractivity contribution is 6.46. The first-order chi connectivity index (χ1) is 16.4. The first kappa shape index (κ1) is 23.0. The molecule has 0 fully saturated rings. The fourth-order valence-electron chi connectivity index (χ4n) is 3.78. The molecule has 0 saturated carbocycles. The van der Waals surface area contributed by atoms with Crippen molar-refractivity contribution >= 4 is 28.8 Å². The van der Waals surface area contributed by atoms with Crippen LogP contribution in [0.25, 0.3) is 5.57 Å². The third kappa shape index (κ3) is 4.37. The number of nitrogens with one attached hydrogen (secondary N) is 1. The molecule has 3 aromatic rings. The van der Waals surface area contributed by atoms with Crippen LogP contribution in [0.2, 0.25) is 0 Å². The summed E-state index contributed by atoms with van der Waals surface area (Å²) in [6.45, 7) is 4.33. The molecule has 0 aliphatic carbocycles. The minimum Gasteiger partial charge on any atom is -0.495 e. The zero-order valence-corrected chi connectivity index (χ0v) is 19.2. The molecule has 0 spiro atoms. The maximum absolute atomic E-state index is 13.7. The third-order valence-electron chi connectivity index (χ3n) is 5.40. The summed E-state index contributed by atoms with van der Waals surface area (Å²) in [5, 5.41) is 3.12. The van der Waals surface area contributed by atoms with Crippen molar-refractivity contribution in [3.63, 3.8) is 0 Å². The van der Waals surface area contributed by atoms with Crippen LogP contribution in [0.1, 0.15) is 24.5 Å². The Hall–Kier alpha value is -4.13. The molecule has 0 radical (unpaired) electrons. The van der Waals surface area contributed by atoms with Gasteiger partial charge in [0, 0.05) is 0 Å². The minimum absolute atomic E-state index is 0.0748. The average molecular weight is 461 g/mol. The van der Waals surface area contributed by atoms with Gasteiger partial charge < -0.3 is 14.8 Å². The second-order valence-corrected chi connectivity index (χ2v) is 7.85. The highest BCUT2D eigenvalue weighted by atomic mass is 19.1. The molecule has 0 aromatic heterocycles. The molecule has 34 heavy (non-hydrogen) atoms. The van der Waals surface area contributed by atoms with Crippen LogP contribution < -0.4 is 19.7 Å². The number of para-hydroxylation sites is 2. The van der Waals surface area contributed by atoms with Crippen molar-refractivity contribution in [1.82, 2.24) is 0 Å². The quantitative estimate of drug-likeness (QED) is 0.461. The summed E-state index contributed by atoms with van der Waals surface area (Å²) >= 11 is 0. The van der Waals surface area contributed by atoms with Crippen molar-refractivity contribution < 1.29 is 23.5 Å². The van der Waals surface area contributed by atoms with Gasteiger partial charge in [-0.1, -0.05) is 37.3 Å². The van der Waals surface area contributed by atoms with E-state index in [1.807, 2.05) is 26.0 Å². The van der Waals surface area contributed by atoms with Gasteiger partial charge in [0.2, 0.25) is 0 Å². The number of benzene rings is 3. The predicted molar refractivity (Wildman–Crippen MR) is 129 cm³/mol. The summed E-state index contributed by atoms with van der Waals surface area (Å²) < 4.78 is 24.9. The number of carbonyl (C=O) groups excluding carboxylic acids is 2. The predicted octanol–water partition coefficient (Wildman–Crippen LogP) is 5.33. The van der Waals surface area contributed by atoms with E-state index >= 15 is 0 Å². The SMILES string of the molecule is CCCOc1ccccc1N1C(=O)C(Nc2cc(C)ccc2OC)=C(c2ccc(F)cc2)C1=O. The number of amides is 2. The molecule has 1 aliphatic heterocycles. The number of ether oxygens (including phenoxy) is 2. The van der Waals surface area contributed by atoms with E-state index in [1.54, 1.807) is 30.3 Å². The van der Waals surface area contributed by atoms with Gasteiger partial charge in [0.1, 0.15) is 23.0 Å². The first-order valence-electron chi connectivity index (χ1n) is 11.0. The van der Waals surface area contributed by atoms with Gasteiger partial charge in [0.05, 0.1) is 30.7 Å². The van der Waals surface area contributed by atoms with Crippen molar-refractivity contribution in [3.8, 4) is 11.5 Å². The highest BCUT2D eigenvalue weighted by Gasteiger charge is 2.41. The largest absolute Gasteiger partial charge is 0.495 e. The van der Waals surface area contributed by atoms with Gasteiger partial charge in [0.25, 0.3) is 11.8 Å². The van der Waals surface area contributed by atoms with E-state index in [9.17, 15) is 14.0 Å². The van der Waals surface area contributed by atoms with E-state index in [-0.39, 0.29) is 11.3 Å². The summed E-state index contributed by atoms with van der Waals surface area (Å²) in [5.74, 6) is -0.564. The molecule has 1 heterocycles. The molecule has 1 aliphatic rings. The van der Waals surface area contributed by atoms with Crippen molar-refractivity contribution in [2.24, 2.45) is 0 Å². The monoisotopic (exact) mass is 460 g/mol. The number of hydrogen-bond donors (Lipinski definition) is 1. The zero-order chi connectivity index (χ0) is 24.2. The number of aryl methyl sites for hydroxylation is 1. The summed E-state index contributed by atoms with van der Waals surface area (Å²) in [5.41, 5.74) is 2.46. The van der Waals surface area contributed by atoms with Crippen LogP contribution in [0.5, 0.6) is 11.5 Å². The summed E-state index contributed by atoms with van der Waals surface area (Å²) in [7, 11) is 1.53.